The van der Waals surface area contributed by atoms with E-state index in [-0.39, 0.29) is 5.97 Å². The minimum Gasteiger partial charge on any atom is -0.462 e. The Balaban J connectivity index is 1.46. The van der Waals surface area contributed by atoms with Gasteiger partial charge in [-0.3, -0.25) is 0 Å². The van der Waals surface area contributed by atoms with Gasteiger partial charge in [-0.05, 0) is 54.4 Å². The molecule has 3 rings (SSSR count). The number of esters is 1. The van der Waals surface area contributed by atoms with Crippen molar-refractivity contribution in [1.29, 1.82) is 0 Å². The number of nitrogens with zero attached hydrogens (tertiary/aromatic N) is 1. The fraction of sp³-hybridized carbons (Fsp3) is 0.609. The van der Waals surface area contributed by atoms with Crippen LogP contribution >= 0.6 is 0 Å². The van der Waals surface area contributed by atoms with Crippen LogP contribution in [0.25, 0.3) is 0 Å². The first kappa shape index (κ1) is 19.0. The molecule has 0 aliphatic heterocycles. The summed E-state index contributed by atoms with van der Waals surface area (Å²) in [5.41, 5.74) is 1.95. The van der Waals surface area contributed by atoms with Crippen molar-refractivity contribution >= 4 is 5.97 Å². The van der Waals surface area contributed by atoms with E-state index in [0.29, 0.717) is 23.5 Å². The van der Waals surface area contributed by atoms with E-state index < -0.39 is 0 Å². The van der Waals surface area contributed by atoms with Gasteiger partial charge in [0, 0.05) is 25.4 Å². The number of aryl methyl sites for hydroxylation is 1. The van der Waals surface area contributed by atoms with Crippen LogP contribution in [-0.4, -0.2) is 30.6 Å². The number of benzene rings is 1. The van der Waals surface area contributed by atoms with Gasteiger partial charge in [0.05, 0.1) is 6.61 Å². The van der Waals surface area contributed by atoms with Crippen molar-refractivity contribution in [2.45, 2.75) is 58.9 Å². The first-order valence-corrected chi connectivity index (χ1v) is 9.94. The van der Waals surface area contributed by atoms with Crippen molar-refractivity contribution in [3.63, 3.8) is 0 Å². The number of hydrogen-bond donors (Lipinski definition) is 0. The van der Waals surface area contributed by atoms with Crippen LogP contribution in [0.15, 0.2) is 42.6 Å². The zero-order chi connectivity index (χ0) is 18.8. The molecule has 0 amide bonds. The van der Waals surface area contributed by atoms with Gasteiger partial charge in [-0.15, -0.1) is 0 Å². The van der Waals surface area contributed by atoms with Crippen LogP contribution in [0.1, 0.15) is 52.0 Å². The van der Waals surface area contributed by atoms with E-state index in [0.717, 1.165) is 18.8 Å². The predicted octanol–water partition coefficient (Wildman–Crippen LogP) is 4.82. The zero-order valence-corrected chi connectivity index (χ0v) is 16.7. The topological polar surface area (TPSA) is 29.5 Å². The molecule has 3 nitrogen and oxygen atoms in total. The van der Waals surface area contributed by atoms with Gasteiger partial charge in [-0.2, -0.15) is 0 Å². The fourth-order valence-electron chi connectivity index (χ4n) is 5.70. The fourth-order valence-corrected chi connectivity index (χ4v) is 5.70. The number of carbonyl (C=O) groups excluding carboxylic acids is 1. The summed E-state index contributed by atoms with van der Waals surface area (Å²) in [5, 5.41) is 0. The largest absolute Gasteiger partial charge is 0.462 e. The normalized spacial score (nSPS) is 29.2. The van der Waals surface area contributed by atoms with Crippen molar-refractivity contribution in [2.24, 2.45) is 16.7 Å². The van der Waals surface area contributed by atoms with Crippen molar-refractivity contribution in [3.05, 3.63) is 48.2 Å². The molecular formula is C23H33NO2. The van der Waals surface area contributed by atoms with Crippen LogP contribution in [0.3, 0.4) is 0 Å². The van der Waals surface area contributed by atoms with Crippen molar-refractivity contribution in [3.8, 4) is 0 Å². The molecular weight excluding hydrogens is 322 g/mol. The van der Waals surface area contributed by atoms with Crippen molar-refractivity contribution in [1.82, 2.24) is 4.90 Å². The summed E-state index contributed by atoms with van der Waals surface area (Å²) in [6.07, 6.45) is 9.27. The molecule has 3 heteroatoms. The molecule has 0 N–H and O–H groups in total. The molecule has 2 fully saturated rings. The lowest BCUT2D eigenvalue weighted by Gasteiger charge is -2.47. The SMILES string of the molecule is CN(/C=C/C(=O)OCCCc1ccccc1)C1C2(C)CCC(C2)C1(C)C. The van der Waals surface area contributed by atoms with Gasteiger partial charge in [0.1, 0.15) is 0 Å². The second-order valence-electron chi connectivity index (χ2n) is 9.06. The summed E-state index contributed by atoms with van der Waals surface area (Å²) in [6.45, 7) is 7.66. The standard InChI is InChI=1S/C23H33NO2/c1-22(2)19-12-14-23(3,17-19)21(22)24(4)15-13-20(25)26-16-8-11-18-9-6-5-7-10-18/h5-7,9-10,13,15,19,21H,8,11-12,14,16-17H2,1-4H3/b15-13+. The Morgan fingerprint density at radius 1 is 1.27 bits per heavy atom. The van der Waals surface area contributed by atoms with Crippen molar-refractivity contribution in [2.75, 3.05) is 13.7 Å². The highest BCUT2D eigenvalue weighted by molar-refractivity contribution is 5.81. The van der Waals surface area contributed by atoms with Gasteiger partial charge in [0.15, 0.2) is 0 Å². The molecule has 2 bridgehead atoms. The number of carbonyl (C=O) groups is 1. The van der Waals surface area contributed by atoms with E-state index in [9.17, 15) is 4.79 Å². The third-order valence-electron chi connectivity index (χ3n) is 6.74. The molecule has 3 atom stereocenters. The molecule has 0 saturated heterocycles. The van der Waals surface area contributed by atoms with Gasteiger partial charge in [0.25, 0.3) is 0 Å². The molecule has 0 aromatic heterocycles. The summed E-state index contributed by atoms with van der Waals surface area (Å²) >= 11 is 0. The number of rotatable bonds is 7. The Bertz CT molecular complexity index is 647. The Morgan fingerprint density at radius 2 is 2.00 bits per heavy atom. The minimum absolute atomic E-state index is 0.240. The average molecular weight is 356 g/mol. The molecule has 0 heterocycles. The maximum absolute atomic E-state index is 12.0. The highest BCUT2D eigenvalue weighted by Gasteiger charge is 2.60. The van der Waals surface area contributed by atoms with E-state index in [1.165, 1.54) is 24.8 Å². The number of hydrogen-bond acceptors (Lipinski definition) is 3. The molecule has 26 heavy (non-hydrogen) atoms. The third kappa shape index (κ3) is 3.82. The summed E-state index contributed by atoms with van der Waals surface area (Å²) in [5.74, 6) is 0.564. The van der Waals surface area contributed by atoms with Crippen LogP contribution in [0.4, 0.5) is 0 Å². The van der Waals surface area contributed by atoms with Gasteiger partial charge >= 0.3 is 5.97 Å². The number of fused-ring (bicyclic) bond motifs is 2. The molecule has 1 aromatic rings. The van der Waals surface area contributed by atoms with Gasteiger partial charge < -0.3 is 9.64 Å². The first-order chi connectivity index (χ1) is 12.3. The first-order valence-electron chi connectivity index (χ1n) is 9.94. The maximum atomic E-state index is 12.0. The molecule has 142 valence electrons. The molecule has 2 aliphatic rings. The zero-order valence-electron chi connectivity index (χ0n) is 16.7. The van der Waals surface area contributed by atoms with E-state index in [1.807, 2.05) is 24.4 Å². The van der Waals surface area contributed by atoms with E-state index in [2.05, 4.69) is 44.9 Å². The Kier molecular flexibility index (Phi) is 5.45. The minimum atomic E-state index is -0.240. The van der Waals surface area contributed by atoms with E-state index >= 15 is 0 Å². The summed E-state index contributed by atoms with van der Waals surface area (Å²) in [7, 11) is 2.11. The van der Waals surface area contributed by atoms with Gasteiger partial charge in [-0.25, -0.2) is 4.79 Å². The van der Waals surface area contributed by atoms with E-state index in [1.54, 1.807) is 6.08 Å². The average Bonchev–Trinajstić information content (AvgIpc) is 3.09. The Hall–Kier alpha value is -1.77. The van der Waals surface area contributed by atoms with Crippen LogP contribution in [0.5, 0.6) is 0 Å². The Labute approximate surface area is 158 Å². The summed E-state index contributed by atoms with van der Waals surface area (Å²) in [4.78, 5) is 14.3. The smallest absolute Gasteiger partial charge is 0.332 e. The molecule has 2 aliphatic carbocycles. The molecule has 0 spiro atoms. The second-order valence-corrected chi connectivity index (χ2v) is 9.06. The summed E-state index contributed by atoms with van der Waals surface area (Å²) in [6, 6.07) is 10.8. The molecule has 3 unspecified atom stereocenters. The van der Waals surface area contributed by atoms with Crippen LogP contribution in [0, 0.1) is 16.7 Å². The quantitative estimate of drug-likeness (QED) is 0.399. The predicted molar refractivity (Wildman–Crippen MR) is 106 cm³/mol. The lowest BCUT2D eigenvalue weighted by atomic mass is 9.68. The monoisotopic (exact) mass is 355 g/mol. The van der Waals surface area contributed by atoms with Crippen molar-refractivity contribution < 1.29 is 9.53 Å². The summed E-state index contributed by atoms with van der Waals surface area (Å²) < 4.78 is 5.36. The van der Waals surface area contributed by atoms with Crippen LogP contribution in [0.2, 0.25) is 0 Å². The van der Waals surface area contributed by atoms with Crippen LogP contribution in [-0.2, 0) is 16.0 Å². The molecule has 2 saturated carbocycles. The van der Waals surface area contributed by atoms with Crippen LogP contribution < -0.4 is 0 Å². The molecule has 1 aromatic carbocycles. The highest BCUT2D eigenvalue weighted by atomic mass is 16.5. The van der Waals surface area contributed by atoms with E-state index in [4.69, 9.17) is 4.74 Å². The lowest BCUT2D eigenvalue weighted by molar-refractivity contribution is -0.137. The Morgan fingerprint density at radius 3 is 2.65 bits per heavy atom. The second kappa shape index (κ2) is 7.46. The maximum Gasteiger partial charge on any atom is 0.332 e. The van der Waals surface area contributed by atoms with Gasteiger partial charge in [0.2, 0.25) is 0 Å². The third-order valence-corrected chi connectivity index (χ3v) is 6.74. The number of ether oxygens (including phenoxy) is 1. The van der Waals surface area contributed by atoms with Gasteiger partial charge in [-0.1, -0.05) is 51.1 Å². The lowest BCUT2D eigenvalue weighted by Crippen LogP contribution is -2.49. The molecule has 0 radical (unpaired) electrons. The highest BCUT2D eigenvalue weighted by Crippen LogP contribution is 2.63.